The lowest BCUT2D eigenvalue weighted by Gasteiger charge is -2.44. The molecule has 0 unspecified atom stereocenters. The van der Waals surface area contributed by atoms with E-state index in [1.165, 1.54) is 11.3 Å². The Balaban J connectivity index is 1.49. The van der Waals surface area contributed by atoms with Crippen molar-refractivity contribution >= 4 is 46.5 Å². The number of nitrogens with zero attached hydrogens (tertiary/aromatic N) is 2. The van der Waals surface area contributed by atoms with Crippen LogP contribution in [0.3, 0.4) is 0 Å². The van der Waals surface area contributed by atoms with Crippen LogP contribution in [0.1, 0.15) is 32.9 Å². The fraction of sp³-hybridized carbons (Fsp3) is 0.368. The van der Waals surface area contributed by atoms with E-state index in [4.69, 9.17) is 11.6 Å². The molecule has 2 amide bonds. The van der Waals surface area contributed by atoms with Crippen molar-refractivity contribution in [3.63, 3.8) is 0 Å². The lowest BCUT2D eigenvalue weighted by molar-refractivity contribution is 0.0500. The van der Waals surface area contributed by atoms with Gasteiger partial charge in [-0.1, -0.05) is 29.8 Å². The van der Waals surface area contributed by atoms with Gasteiger partial charge in [0.1, 0.15) is 0 Å². The number of thioether (sulfide) groups is 1. The van der Waals surface area contributed by atoms with Crippen LogP contribution in [0.2, 0.25) is 5.02 Å². The monoisotopic (exact) mass is 406 g/mol. The van der Waals surface area contributed by atoms with Gasteiger partial charge >= 0.3 is 0 Å². The first-order valence-electron chi connectivity index (χ1n) is 8.64. The highest BCUT2D eigenvalue weighted by Crippen LogP contribution is 2.45. The maximum absolute atomic E-state index is 13.1. The minimum Gasteiger partial charge on any atom is -0.338 e. The van der Waals surface area contributed by atoms with Gasteiger partial charge in [-0.3, -0.25) is 9.59 Å². The van der Waals surface area contributed by atoms with Gasteiger partial charge in [-0.05, 0) is 36.4 Å². The van der Waals surface area contributed by atoms with Gasteiger partial charge in [-0.25, -0.2) is 0 Å². The molecule has 3 heterocycles. The Labute approximate surface area is 166 Å². The summed E-state index contributed by atoms with van der Waals surface area (Å²) in [5.74, 6) is 1.02. The fourth-order valence-corrected chi connectivity index (χ4v) is 6.07. The van der Waals surface area contributed by atoms with Gasteiger partial charge in [0.05, 0.1) is 20.3 Å². The Morgan fingerprint density at radius 2 is 1.77 bits per heavy atom. The van der Waals surface area contributed by atoms with Crippen LogP contribution >= 0.6 is 34.7 Å². The smallest absolute Gasteiger partial charge is 0.263 e. The number of carbonyl (C=O) groups excluding carboxylic acids is 2. The van der Waals surface area contributed by atoms with Crippen molar-refractivity contribution in [2.75, 3.05) is 25.4 Å². The lowest BCUT2D eigenvalue weighted by atomic mass is 10.0. The first kappa shape index (κ1) is 17.9. The molecular weight excluding hydrogens is 388 g/mol. The van der Waals surface area contributed by atoms with Crippen LogP contribution in [-0.4, -0.2) is 51.9 Å². The zero-order valence-electron chi connectivity index (χ0n) is 14.2. The second-order valence-corrected chi connectivity index (χ2v) is 9.31. The lowest BCUT2D eigenvalue weighted by Crippen LogP contribution is -2.53. The molecule has 0 saturated carbocycles. The van der Waals surface area contributed by atoms with Crippen molar-refractivity contribution in [3.8, 4) is 0 Å². The SMILES string of the molecule is O=C(c1cccs1)N1CCC2(CC1)SCCN2C(=O)c1ccccc1Cl. The molecule has 2 aromatic rings. The molecule has 2 aliphatic rings. The highest BCUT2D eigenvalue weighted by molar-refractivity contribution is 8.00. The molecule has 2 fully saturated rings. The average molecular weight is 407 g/mol. The summed E-state index contributed by atoms with van der Waals surface area (Å²) in [6.07, 6.45) is 1.59. The van der Waals surface area contributed by atoms with E-state index in [0.717, 1.165) is 30.0 Å². The van der Waals surface area contributed by atoms with Crippen molar-refractivity contribution in [3.05, 3.63) is 57.2 Å². The molecular formula is C19H19ClN2O2S2. The number of rotatable bonds is 2. The van der Waals surface area contributed by atoms with Gasteiger partial charge in [-0.2, -0.15) is 0 Å². The van der Waals surface area contributed by atoms with Crippen molar-refractivity contribution in [2.24, 2.45) is 0 Å². The molecule has 0 aliphatic carbocycles. The maximum atomic E-state index is 13.1. The van der Waals surface area contributed by atoms with Crippen LogP contribution < -0.4 is 0 Å². The summed E-state index contributed by atoms with van der Waals surface area (Å²) in [5.41, 5.74) is 0.563. The summed E-state index contributed by atoms with van der Waals surface area (Å²) in [6.45, 7) is 2.08. The standard InChI is InChI=1S/C19H19ClN2O2S2/c20-15-5-2-1-4-14(15)17(23)22-11-13-26-19(22)7-9-21(10-8-19)18(24)16-6-3-12-25-16/h1-6,12H,7-11,13H2. The predicted octanol–water partition coefficient (Wildman–Crippen LogP) is 4.22. The second kappa shape index (κ2) is 7.25. The Bertz CT molecular complexity index is 817. The third-order valence-electron chi connectivity index (χ3n) is 5.09. The number of piperidine rings is 1. The van der Waals surface area contributed by atoms with E-state index in [-0.39, 0.29) is 16.7 Å². The summed E-state index contributed by atoms with van der Waals surface area (Å²) < 4.78 is 0. The zero-order chi connectivity index (χ0) is 18.1. The number of benzene rings is 1. The molecule has 0 N–H and O–H groups in total. The summed E-state index contributed by atoms with van der Waals surface area (Å²) in [5, 5.41) is 2.42. The van der Waals surface area contributed by atoms with Crippen LogP contribution in [-0.2, 0) is 0 Å². The van der Waals surface area contributed by atoms with Gasteiger partial charge in [0.2, 0.25) is 0 Å². The maximum Gasteiger partial charge on any atom is 0.263 e. The molecule has 26 heavy (non-hydrogen) atoms. The summed E-state index contributed by atoms with van der Waals surface area (Å²) >= 11 is 9.56. The first-order valence-corrected chi connectivity index (χ1v) is 10.9. The number of carbonyl (C=O) groups is 2. The highest BCUT2D eigenvalue weighted by atomic mass is 35.5. The molecule has 0 bridgehead atoms. The third kappa shape index (κ3) is 3.15. The normalized spacial score (nSPS) is 19.1. The summed E-state index contributed by atoms with van der Waals surface area (Å²) in [4.78, 5) is 30.1. The number of hydrogen-bond acceptors (Lipinski definition) is 4. The minimum atomic E-state index is -0.220. The number of halogens is 1. The fourth-order valence-electron chi connectivity index (χ4n) is 3.70. The van der Waals surface area contributed by atoms with Crippen molar-refractivity contribution < 1.29 is 9.59 Å². The van der Waals surface area contributed by atoms with E-state index in [9.17, 15) is 9.59 Å². The highest BCUT2D eigenvalue weighted by Gasteiger charge is 2.47. The number of amides is 2. The van der Waals surface area contributed by atoms with E-state index in [1.807, 2.05) is 51.2 Å². The van der Waals surface area contributed by atoms with Crippen molar-refractivity contribution in [1.82, 2.24) is 9.80 Å². The van der Waals surface area contributed by atoms with Gasteiger partial charge in [0.15, 0.2) is 0 Å². The molecule has 7 heteroatoms. The molecule has 1 aromatic heterocycles. The largest absolute Gasteiger partial charge is 0.338 e. The molecule has 0 atom stereocenters. The minimum absolute atomic E-state index is 0.00127. The second-order valence-electron chi connectivity index (χ2n) is 6.50. The van der Waals surface area contributed by atoms with Gasteiger partial charge in [0.25, 0.3) is 11.8 Å². The topological polar surface area (TPSA) is 40.6 Å². The zero-order valence-corrected chi connectivity index (χ0v) is 16.6. The molecule has 136 valence electrons. The summed E-state index contributed by atoms with van der Waals surface area (Å²) in [6, 6.07) is 11.0. The van der Waals surface area contributed by atoms with Gasteiger partial charge < -0.3 is 9.80 Å². The number of thiophene rings is 1. The van der Waals surface area contributed by atoms with E-state index >= 15 is 0 Å². The molecule has 2 aliphatic heterocycles. The van der Waals surface area contributed by atoms with Crippen LogP contribution in [0.4, 0.5) is 0 Å². The van der Waals surface area contributed by atoms with Crippen LogP contribution in [0.25, 0.3) is 0 Å². The molecule has 1 spiro atoms. The Hall–Kier alpha value is -1.50. The van der Waals surface area contributed by atoms with Gasteiger partial charge in [-0.15, -0.1) is 23.1 Å². The third-order valence-corrected chi connectivity index (χ3v) is 7.83. The Kier molecular flexibility index (Phi) is 4.99. The van der Waals surface area contributed by atoms with Crippen LogP contribution in [0.15, 0.2) is 41.8 Å². The van der Waals surface area contributed by atoms with E-state index < -0.39 is 0 Å². The van der Waals surface area contributed by atoms with E-state index in [1.54, 1.807) is 12.1 Å². The average Bonchev–Trinajstić information content (AvgIpc) is 3.32. The van der Waals surface area contributed by atoms with Crippen molar-refractivity contribution in [2.45, 2.75) is 17.7 Å². The number of likely N-dealkylation sites (tertiary alicyclic amines) is 1. The van der Waals surface area contributed by atoms with Crippen molar-refractivity contribution in [1.29, 1.82) is 0 Å². The quantitative estimate of drug-likeness (QED) is 0.749. The summed E-state index contributed by atoms with van der Waals surface area (Å²) in [7, 11) is 0. The molecule has 0 radical (unpaired) electrons. The Morgan fingerprint density at radius 1 is 1.00 bits per heavy atom. The molecule has 1 aromatic carbocycles. The number of hydrogen-bond donors (Lipinski definition) is 0. The van der Waals surface area contributed by atoms with E-state index in [0.29, 0.717) is 23.7 Å². The molecule has 4 nitrogen and oxygen atoms in total. The predicted molar refractivity (Wildman–Crippen MR) is 107 cm³/mol. The Morgan fingerprint density at radius 3 is 2.46 bits per heavy atom. The van der Waals surface area contributed by atoms with Crippen LogP contribution in [0, 0.1) is 0 Å². The molecule has 2 saturated heterocycles. The first-order chi connectivity index (χ1) is 12.6. The van der Waals surface area contributed by atoms with Gasteiger partial charge in [0, 0.05) is 25.4 Å². The molecule has 4 rings (SSSR count). The van der Waals surface area contributed by atoms with E-state index in [2.05, 4.69) is 0 Å². The van der Waals surface area contributed by atoms with Crippen LogP contribution in [0.5, 0.6) is 0 Å².